The van der Waals surface area contributed by atoms with Crippen molar-refractivity contribution in [3.8, 4) is 5.75 Å². The Morgan fingerprint density at radius 2 is 1.67 bits per heavy atom. The van der Waals surface area contributed by atoms with E-state index in [9.17, 15) is 8.78 Å². The minimum atomic E-state index is -0.535. The Labute approximate surface area is 161 Å². The summed E-state index contributed by atoms with van der Waals surface area (Å²) in [4.78, 5) is 4.82. The number of benzene rings is 1. The molecule has 0 radical (unpaired) electrons. The number of piperidine rings is 1. The van der Waals surface area contributed by atoms with Gasteiger partial charge in [0, 0.05) is 13.1 Å². The average Bonchev–Trinajstić information content (AvgIpc) is 3.18. The quantitative estimate of drug-likeness (QED) is 0.743. The van der Waals surface area contributed by atoms with E-state index in [1.165, 1.54) is 51.3 Å². The molecule has 0 bridgehead atoms. The van der Waals surface area contributed by atoms with Crippen LogP contribution < -0.4 is 4.74 Å². The molecule has 2 saturated heterocycles. The van der Waals surface area contributed by atoms with E-state index in [4.69, 9.17) is 4.74 Å². The molecule has 4 rings (SSSR count). The lowest BCUT2D eigenvalue weighted by Gasteiger charge is -2.29. The van der Waals surface area contributed by atoms with Crippen LogP contribution in [0.25, 0.3) is 0 Å². The fourth-order valence-electron chi connectivity index (χ4n) is 4.98. The van der Waals surface area contributed by atoms with E-state index in [0.29, 0.717) is 24.5 Å². The lowest BCUT2D eigenvalue weighted by molar-refractivity contribution is 0.176. The second-order valence-electron chi connectivity index (χ2n) is 8.51. The molecular formula is C22H32F2N2O. The fraction of sp³-hybridized carbons (Fsp3) is 0.727. The summed E-state index contributed by atoms with van der Waals surface area (Å²) in [5.41, 5.74) is 1.53. The summed E-state index contributed by atoms with van der Waals surface area (Å²) in [6, 6.07) is 1.53. The third-order valence-electron chi connectivity index (χ3n) is 6.50. The van der Waals surface area contributed by atoms with Gasteiger partial charge in [0.2, 0.25) is 0 Å². The molecule has 0 amide bonds. The van der Waals surface area contributed by atoms with Crippen LogP contribution in [-0.2, 0) is 12.8 Å². The minimum absolute atomic E-state index is 0.163. The highest BCUT2D eigenvalue weighted by molar-refractivity contribution is 5.40. The van der Waals surface area contributed by atoms with Crippen LogP contribution in [-0.4, -0.2) is 55.7 Å². The number of likely N-dealkylation sites (tertiary alicyclic amines) is 2. The molecule has 27 heavy (non-hydrogen) atoms. The molecule has 1 aliphatic carbocycles. The fourth-order valence-corrected chi connectivity index (χ4v) is 4.98. The van der Waals surface area contributed by atoms with Crippen molar-refractivity contribution in [3.05, 3.63) is 28.8 Å². The zero-order valence-electron chi connectivity index (χ0n) is 16.3. The van der Waals surface area contributed by atoms with Crippen molar-refractivity contribution in [1.82, 2.24) is 9.80 Å². The van der Waals surface area contributed by atoms with Crippen molar-refractivity contribution in [2.24, 2.45) is 5.92 Å². The van der Waals surface area contributed by atoms with Crippen molar-refractivity contribution < 1.29 is 13.5 Å². The maximum Gasteiger partial charge on any atom is 0.191 e. The highest BCUT2D eigenvalue weighted by Crippen LogP contribution is 2.35. The number of hydrogen-bond donors (Lipinski definition) is 0. The topological polar surface area (TPSA) is 15.7 Å². The van der Waals surface area contributed by atoms with E-state index in [1.807, 2.05) is 0 Å². The Morgan fingerprint density at radius 1 is 0.963 bits per heavy atom. The molecule has 0 spiro atoms. The highest BCUT2D eigenvalue weighted by Gasteiger charge is 2.27. The number of ether oxygens (including phenoxy) is 1. The van der Waals surface area contributed by atoms with Gasteiger partial charge in [-0.25, -0.2) is 8.78 Å². The predicted molar refractivity (Wildman–Crippen MR) is 103 cm³/mol. The molecule has 5 heteroatoms. The zero-order valence-corrected chi connectivity index (χ0v) is 16.3. The number of halogens is 2. The monoisotopic (exact) mass is 378 g/mol. The Hall–Kier alpha value is -1.20. The molecule has 3 nitrogen and oxygen atoms in total. The van der Waals surface area contributed by atoms with Gasteiger partial charge in [-0.3, -0.25) is 4.90 Å². The Bertz CT molecular complexity index is 640. The number of rotatable bonds is 6. The first-order valence-corrected chi connectivity index (χ1v) is 10.8. The maximum atomic E-state index is 14.9. The normalized spacial score (nSPS) is 24.1. The number of fused-ring (bicyclic) bond motifs is 1. The summed E-state index contributed by atoms with van der Waals surface area (Å²) in [6.45, 7) is 6.65. The van der Waals surface area contributed by atoms with Gasteiger partial charge in [-0.05, 0) is 94.2 Å². The maximum absolute atomic E-state index is 14.9. The van der Waals surface area contributed by atoms with Crippen molar-refractivity contribution in [2.75, 3.05) is 45.9 Å². The van der Waals surface area contributed by atoms with Crippen LogP contribution in [0.2, 0.25) is 0 Å². The van der Waals surface area contributed by atoms with Crippen LogP contribution in [0.1, 0.15) is 49.7 Å². The second kappa shape index (κ2) is 8.87. The van der Waals surface area contributed by atoms with Gasteiger partial charge >= 0.3 is 0 Å². The molecular weight excluding hydrogens is 346 g/mol. The Balaban J connectivity index is 1.37. The molecule has 2 fully saturated rings. The van der Waals surface area contributed by atoms with Crippen molar-refractivity contribution in [1.29, 1.82) is 0 Å². The molecule has 150 valence electrons. The number of nitrogens with zero attached hydrogens (tertiary/aromatic N) is 2. The highest BCUT2D eigenvalue weighted by atomic mass is 19.1. The second-order valence-corrected chi connectivity index (χ2v) is 8.51. The van der Waals surface area contributed by atoms with Gasteiger partial charge in [-0.15, -0.1) is 0 Å². The van der Waals surface area contributed by atoms with Gasteiger partial charge in [-0.1, -0.05) is 6.42 Å². The molecule has 2 aliphatic heterocycles. The smallest absolute Gasteiger partial charge is 0.191 e. The van der Waals surface area contributed by atoms with E-state index in [2.05, 4.69) is 9.80 Å². The molecule has 0 aromatic heterocycles. The van der Waals surface area contributed by atoms with Gasteiger partial charge in [0.25, 0.3) is 0 Å². The van der Waals surface area contributed by atoms with Crippen LogP contribution in [0, 0.1) is 17.6 Å². The summed E-state index contributed by atoms with van der Waals surface area (Å²) >= 11 is 0. The largest absolute Gasteiger partial charge is 0.486 e. The van der Waals surface area contributed by atoms with E-state index < -0.39 is 11.6 Å². The first-order chi connectivity index (χ1) is 13.2. The molecule has 3 aliphatic rings. The van der Waals surface area contributed by atoms with E-state index in [-0.39, 0.29) is 5.75 Å². The Morgan fingerprint density at radius 3 is 2.44 bits per heavy atom. The van der Waals surface area contributed by atoms with Gasteiger partial charge in [0.05, 0.1) is 0 Å². The summed E-state index contributed by atoms with van der Waals surface area (Å²) in [7, 11) is 0. The minimum Gasteiger partial charge on any atom is -0.486 e. The third kappa shape index (κ3) is 4.62. The molecule has 1 atom stereocenters. The van der Waals surface area contributed by atoms with E-state index in [1.54, 1.807) is 0 Å². The lowest BCUT2D eigenvalue weighted by atomic mass is 9.83. The predicted octanol–water partition coefficient (Wildman–Crippen LogP) is 4.03. The molecule has 1 aromatic carbocycles. The molecule has 1 unspecified atom stereocenters. The van der Waals surface area contributed by atoms with Crippen LogP contribution in [0.4, 0.5) is 8.78 Å². The molecule has 0 saturated carbocycles. The molecule has 1 aromatic rings. The standard InChI is InChI=1S/C22H32F2N2O/c23-20-15-18-14-17(16-26-10-4-5-11-26)6-7-19(18)21(24)22(20)27-13-12-25-8-2-1-3-9-25/h15,17H,1-14,16H2. The van der Waals surface area contributed by atoms with Gasteiger partial charge < -0.3 is 9.64 Å². The van der Waals surface area contributed by atoms with Crippen LogP contribution in [0.15, 0.2) is 6.07 Å². The van der Waals surface area contributed by atoms with Crippen LogP contribution in [0.3, 0.4) is 0 Å². The lowest BCUT2D eigenvalue weighted by Crippen LogP contribution is -2.33. The third-order valence-corrected chi connectivity index (χ3v) is 6.50. The van der Waals surface area contributed by atoms with Crippen LogP contribution >= 0.6 is 0 Å². The van der Waals surface area contributed by atoms with Crippen molar-refractivity contribution in [2.45, 2.75) is 51.4 Å². The molecule has 2 heterocycles. The number of hydrogen-bond acceptors (Lipinski definition) is 3. The summed E-state index contributed by atoms with van der Waals surface area (Å²) in [6.07, 6.45) is 8.73. The first-order valence-electron chi connectivity index (χ1n) is 10.8. The Kier molecular flexibility index (Phi) is 6.28. The van der Waals surface area contributed by atoms with Gasteiger partial charge in [-0.2, -0.15) is 0 Å². The summed E-state index contributed by atoms with van der Waals surface area (Å²) in [5.74, 6) is -0.640. The average molecular weight is 379 g/mol. The van der Waals surface area contributed by atoms with Crippen molar-refractivity contribution in [3.63, 3.8) is 0 Å². The van der Waals surface area contributed by atoms with Crippen molar-refractivity contribution >= 4 is 0 Å². The summed E-state index contributed by atoms with van der Waals surface area (Å²) < 4.78 is 35.0. The van der Waals surface area contributed by atoms with Gasteiger partial charge in [0.15, 0.2) is 17.4 Å². The SMILES string of the molecule is Fc1cc2c(c(F)c1OCCN1CCCCC1)CCC(CN1CCCC1)C2. The summed E-state index contributed by atoms with van der Waals surface area (Å²) in [5, 5.41) is 0. The first kappa shape index (κ1) is 19.1. The molecule has 0 N–H and O–H groups in total. The zero-order chi connectivity index (χ0) is 18.6. The van der Waals surface area contributed by atoms with E-state index in [0.717, 1.165) is 44.6 Å². The van der Waals surface area contributed by atoms with E-state index >= 15 is 0 Å². The van der Waals surface area contributed by atoms with Crippen LogP contribution in [0.5, 0.6) is 5.75 Å². The van der Waals surface area contributed by atoms with Gasteiger partial charge in [0.1, 0.15) is 6.61 Å².